The summed E-state index contributed by atoms with van der Waals surface area (Å²) in [5.41, 5.74) is 1.12. The number of halogens is 1. The van der Waals surface area contributed by atoms with Gasteiger partial charge in [0.15, 0.2) is 5.16 Å². The molecule has 1 saturated carbocycles. The van der Waals surface area contributed by atoms with Gasteiger partial charge in [-0.05, 0) is 30.5 Å². The molecule has 3 rings (SSSR count). The molecule has 1 aliphatic carbocycles. The Kier molecular flexibility index (Phi) is 7.98. The molecule has 0 radical (unpaired) electrons. The van der Waals surface area contributed by atoms with Crippen molar-refractivity contribution in [3.8, 4) is 0 Å². The van der Waals surface area contributed by atoms with E-state index in [1.165, 1.54) is 37.4 Å². The quantitative estimate of drug-likeness (QED) is 0.385. The molecule has 1 aromatic carbocycles. The smallest absolute Gasteiger partial charge is 0.230 e. The number of hydrogen-bond donors (Lipinski definition) is 1. The first-order valence-electron chi connectivity index (χ1n) is 9.85. The van der Waals surface area contributed by atoms with Gasteiger partial charge >= 0.3 is 0 Å². The van der Waals surface area contributed by atoms with Crippen LogP contribution in [0.4, 0.5) is 0 Å². The molecule has 28 heavy (non-hydrogen) atoms. The lowest BCUT2D eigenvalue weighted by Crippen LogP contribution is -2.35. The number of aromatic nitrogens is 3. The lowest BCUT2D eigenvalue weighted by Gasteiger charge is -2.16. The normalized spacial score (nSPS) is 15.2. The molecule has 1 N–H and O–H groups in total. The van der Waals surface area contributed by atoms with Gasteiger partial charge in [-0.15, -0.1) is 16.8 Å². The Morgan fingerprint density at radius 1 is 1.21 bits per heavy atom. The summed E-state index contributed by atoms with van der Waals surface area (Å²) in [6.45, 7) is 4.45. The van der Waals surface area contributed by atoms with E-state index in [4.69, 9.17) is 11.6 Å². The molecule has 0 atom stereocenters. The summed E-state index contributed by atoms with van der Waals surface area (Å²) in [4.78, 5) is 12.4. The zero-order valence-electron chi connectivity index (χ0n) is 16.1. The molecule has 0 spiro atoms. The lowest BCUT2D eigenvalue weighted by atomic mass is 10.1. The van der Waals surface area contributed by atoms with Crippen molar-refractivity contribution in [1.82, 2.24) is 20.1 Å². The molecule has 0 aliphatic heterocycles. The second kappa shape index (κ2) is 10.7. The Bertz CT molecular complexity index is 782. The molecular formula is C21H27ClN4OS. The van der Waals surface area contributed by atoms with Gasteiger partial charge in [-0.3, -0.25) is 4.79 Å². The predicted octanol–water partition coefficient (Wildman–Crippen LogP) is 4.64. The summed E-state index contributed by atoms with van der Waals surface area (Å²) in [6, 6.07) is 8.05. The van der Waals surface area contributed by atoms with Gasteiger partial charge in [-0.1, -0.05) is 67.3 Å². The first-order chi connectivity index (χ1) is 13.7. The summed E-state index contributed by atoms with van der Waals surface area (Å²) in [7, 11) is 0. The molecule has 5 nitrogen and oxygen atoms in total. The molecule has 2 aromatic rings. The van der Waals surface area contributed by atoms with Gasteiger partial charge in [0, 0.05) is 24.0 Å². The van der Waals surface area contributed by atoms with Gasteiger partial charge in [-0.2, -0.15) is 0 Å². The van der Waals surface area contributed by atoms with Crippen LogP contribution in [0.2, 0.25) is 5.02 Å². The Morgan fingerprint density at radius 2 is 1.93 bits per heavy atom. The first-order valence-corrected chi connectivity index (χ1v) is 11.2. The third-order valence-corrected chi connectivity index (χ3v) is 6.15. The van der Waals surface area contributed by atoms with Crippen LogP contribution in [-0.2, 0) is 17.8 Å². The maximum Gasteiger partial charge on any atom is 0.230 e. The number of carbonyl (C=O) groups is 1. The van der Waals surface area contributed by atoms with E-state index in [2.05, 4.69) is 22.1 Å². The monoisotopic (exact) mass is 418 g/mol. The Hall–Kier alpha value is -1.79. The summed E-state index contributed by atoms with van der Waals surface area (Å²) >= 11 is 7.39. The van der Waals surface area contributed by atoms with Crippen LogP contribution in [-0.4, -0.2) is 32.5 Å². The van der Waals surface area contributed by atoms with E-state index in [1.54, 1.807) is 0 Å². The number of benzene rings is 1. The van der Waals surface area contributed by atoms with E-state index in [1.807, 2.05) is 34.9 Å². The van der Waals surface area contributed by atoms with Crippen LogP contribution in [0.25, 0.3) is 0 Å². The second-order valence-corrected chi connectivity index (χ2v) is 8.52. The van der Waals surface area contributed by atoms with Crippen LogP contribution in [0.3, 0.4) is 0 Å². The molecule has 1 heterocycles. The Labute approximate surface area is 176 Å². The summed E-state index contributed by atoms with van der Waals surface area (Å²) in [5.74, 6) is 1.28. The highest BCUT2D eigenvalue weighted by Gasteiger charge is 2.17. The summed E-state index contributed by atoms with van der Waals surface area (Å²) in [5, 5.41) is 13.3. The zero-order chi connectivity index (χ0) is 19.8. The number of thioether (sulfide) groups is 1. The molecule has 1 aromatic heterocycles. The van der Waals surface area contributed by atoms with E-state index in [0.29, 0.717) is 29.8 Å². The molecule has 0 bridgehead atoms. The average molecular weight is 419 g/mol. The third kappa shape index (κ3) is 6.11. The van der Waals surface area contributed by atoms with E-state index in [0.717, 1.165) is 29.4 Å². The standard InChI is InChI=1S/C21H27ClN4OS/c1-2-13-26-19(14-16-9-11-17(22)12-10-16)24-25-21(26)28-15-20(27)23-18-7-5-3-4-6-8-18/h2,9-12,18H,1,3-8,13-15H2,(H,23,27). The third-order valence-electron chi connectivity index (χ3n) is 4.93. The van der Waals surface area contributed by atoms with Crippen LogP contribution in [0, 0.1) is 0 Å². The van der Waals surface area contributed by atoms with Gasteiger partial charge in [0.1, 0.15) is 5.82 Å². The molecule has 150 valence electrons. The molecule has 1 aliphatic rings. The SMILES string of the molecule is C=CCn1c(Cc2ccc(Cl)cc2)nnc1SCC(=O)NC1CCCCCC1. The molecule has 0 saturated heterocycles. The van der Waals surface area contributed by atoms with Gasteiger partial charge < -0.3 is 9.88 Å². The van der Waals surface area contributed by atoms with Crippen molar-refractivity contribution in [2.45, 2.75) is 62.7 Å². The van der Waals surface area contributed by atoms with Crippen molar-refractivity contribution < 1.29 is 4.79 Å². The number of allylic oxidation sites excluding steroid dienone is 1. The largest absolute Gasteiger partial charge is 0.353 e. The number of carbonyl (C=O) groups excluding carboxylic acids is 1. The van der Waals surface area contributed by atoms with Crippen molar-refractivity contribution in [3.63, 3.8) is 0 Å². The predicted molar refractivity (Wildman–Crippen MR) is 115 cm³/mol. The molecular weight excluding hydrogens is 392 g/mol. The molecule has 7 heteroatoms. The van der Waals surface area contributed by atoms with Crippen LogP contribution in [0.1, 0.15) is 49.9 Å². The van der Waals surface area contributed by atoms with Crippen molar-refractivity contribution in [2.24, 2.45) is 0 Å². The van der Waals surface area contributed by atoms with Crippen molar-refractivity contribution in [2.75, 3.05) is 5.75 Å². The number of amides is 1. The average Bonchev–Trinajstić information content (AvgIpc) is 2.88. The number of nitrogens with one attached hydrogen (secondary N) is 1. The van der Waals surface area contributed by atoms with Gasteiger partial charge in [0.05, 0.1) is 5.75 Å². The van der Waals surface area contributed by atoms with E-state index in [9.17, 15) is 4.79 Å². The lowest BCUT2D eigenvalue weighted by molar-refractivity contribution is -0.119. The fourth-order valence-corrected chi connectivity index (χ4v) is 4.38. The Morgan fingerprint density at radius 3 is 2.61 bits per heavy atom. The Balaban J connectivity index is 1.59. The number of rotatable bonds is 8. The minimum Gasteiger partial charge on any atom is -0.353 e. The molecule has 0 unspecified atom stereocenters. The number of hydrogen-bond acceptors (Lipinski definition) is 4. The highest BCUT2D eigenvalue weighted by molar-refractivity contribution is 7.99. The van der Waals surface area contributed by atoms with Crippen molar-refractivity contribution >= 4 is 29.3 Å². The van der Waals surface area contributed by atoms with E-state index >= 15 is 0 Å². The van der Waals surface area contributed by atoms with Crippen LogP contribution in [0.15, 0.2) is 42.1 Å². The molecule has 1 amide bonds. The van der Waals surface area contributed by atoms with Crippen LogP contribution < -0.4 is 5.32 Å². The van der Waals surface area contributed by atoms with Crippen LogP contribution in [0.5, 0.6) is 0 Å². The second-order valence-electron chi connectivity index (χ2n) is 7.15. The van der Waals surface area contributed by atoms with E-state index < -0.39 is 0 Å². The highest BCUT2D eigenvalue weighted by Crippen LogP contribution is 2.21. The maximum absolute atomic E-state index is 12.4. The minimum absolute atomic E-state index is 0.0734. The fraction of sp³-hybridized carbons (Fsp3) is 0.476. The highest BCUT2D eigenvalue weighted by atomic mass is 35.5. The van der Waals surface area contributed by atoms with Gasteiger partial charge in [0.2, 0.25) is 5.91 Å². The zero-order valence-corrected chi connectivity index (χ0v) is 17.6. The maximum atomic E-state index is 12.4. The van der Waals surface area contributed by atoms with Gasteiger partial charge in [0.25, 0.3) is 0 Å². The van der Waals surface area contributed by atoms with Crippen LogP contribution >= 0.6 is 23.4 Å². The fourth-order valence-electron chi connectivity index (χ4n) is 3.48. The van der Waals surface area contributed by atoms with E-state index in [-0.39, 0.29) is 5.91 Å². The first kappa shape index (κ1) is 20.9. The van der Waals surface area contributed by atoms with Gasteiger partial charge in [-0.25, -0.2) is 0 Å². The topological polar surface area (TPSA) is 59.8 Å². The molecule has 1 fully saturated rings. The minimum atomic E-state index is 0.0734. The number of nitrogens with zero attached hydrogens (tertiary/aromatic N) is 3. The van der Waals surface area contributed by atoms with Crippen molar-refractivity contribution in [1.29, 1.82) is 0 Å². The summed E-state index contributed by atoms with van der Waals surface area (Å²) in [6.07, 6.45) is 9.64. The van der Waals surface area contributed by atoms with Crippen molar-refractivity contribution in [3.05, 3.63) is 53.3 Å². The summed E-state index contributed by atoms with van der Waals surface area (Å²) < 4.78 is 2.02.